The predicted molar refractivity (Wildman–Crippen MR) is 74.1 cm³/mol. The predicted octanol–water partition coefficient (Wildman–Crippen LogP) is 3.47. The highest BCUT2D eigenvalue weighted by molar-refractivity contribution is 5.54. The molecule has 1 heterocycles. The van der Waals surface area contributed by atoms with E-state index in [2.05, 4.69) is 10.3 Å². The molecule has 0 saturated heterocycles. The molecule has 0 spiro atoms. The van der Waals surface area contributed by atoms with Gasteiger partial charge >= 0.3 is 0 Å². The molecule has 19 heavy (non-hydrogen) atoms. The standard InChI is InChI=1S/C14H15N3O2/c1-10-7-13(9-14(8-10)17(18)19)16-11(2)12-3-5-15-6-4-12/h3-9,11,16H,1-2H3. The molecule has 2 rings (SSSR count). The van der Waals surface area contributed by atoms with Gasteiger partial charge < -0.3 is 5.32 Å². The summed E-state index contributed by atoms with van der Waals surface area (Å²) in [4.78, 5) is 14.4. The van der Waals surface area contributed by atoms with Crippen molar-refractivity contribution >= 4 is 11.4 Å². The molecule has 1 atom stereocenters. The third-order valence-corrected chi connectivity index (χ3v) is 2.86. The fourth-order valence-electron chi connectivity index (χ4n) is 1.94. The zero-order valence-electron chi connectivity index (χ0n) is 10.8. The quantitative estimate of drug-likeness (QED) is 0.672. The number of nitro groups is 1. The maximum Gasteiger partial charge on any atom is 0.271 e. The van der Waals surface area contributed by atoms with Crippen LogP contribution < -0.4 is 5.32 Å². The minimum atomic E-state index is -0.380. The lowest BCUT2D eigenvalue weighted by molar-refractivity contribution is -0.384. The second-order valence-corrected chi connectivity index (χ2v) is 4.46. The van der Waals surface area contributed by atoms with Gasteiger partial charge in [0.15, 0.2) is 0 Å². The van der Waals surface area contributed by atoms with Crippen molar-refractivity contribution in [1.29, 1.82) is 0 Å². The van der Waals surface area contributed by atoms with Gasteiger partial charge in [0.25, 0.3) is 5.69 Å². The molecule has 0 aliphatic rings. The molecule has 1 aromatic carbocycles. The van der Waals surface area contributed by atoms with Gasteiger partial charge in [0.1, 0.15) is 0 Å². The van der Waals surface area contributed by atoms with Crippen molar-refractivity contribution in [3.63, 3.8) is 0 Å². The van der Waals surface area contributed by atoms with Gasteiger partial charge in [-0.15, -0.1) is 0 Å². The first-order valence-corrected chi connectivity index (χ1v) is 5.99. The first-order valence-electron chi connectivity index (χ1n) is 5.99. The first-order chi connectivity index (χ1) is 9.06. The number of nitrogens with one attached hydrogen (secondary N) is 1. The molecule has 5 nitrogen and oxygen atoms in total. The van der Waals surface area contributed by atoms with Crippen molar-refractivity contribution in [3.05, 3.63) is 64.0 Å². The lowest BCUT2D eigenvalue weighted by Gasteiger charge is -2.15. The van der Waals surface area contributed by atoms with Crippen LogP contribution in [0.4, 0.5) is 11.4 Å². The van der Waals surface area contributed by atoms with Gasteiger partial charge in [0.2, 0.25) is 0 Å². The molecular weight excluding hydrogens is 242 g/mol. The Kier molecular flexibility index (Phi) is 3.75. The van der Waals surface area contributed by atoms with Gasteiger partial charge in [-0.25, -0.2) is 0 Å². The number of hydrogen-bond acceptors (Lipinski definition) is 4. The minimum Gasteiger partial charge on any atom is -0.378 e. The molecule has 0 aliphatic heterocycles. The second-order valence-electron chi connectivity index (χ2n) is 4.46. The fraction of sp³-hybridized carbons (Fsp3) is 0.214. The maximum absolute atomic E-state index is 10.8. The van der Waals surface area contributed by atoms with Gasteiger partial charge in [-0.1, -0.05) is 0 Å². The topological polar surface area (TPSA) is 68.1 Å². The van der Waals surface area contributed by atoms with Crippen molar-refractivity contribution in [2.45, 2.75) is 19.9 Å². The molecule has 0 saturated carbocycles. The van der Waals surface area contributed by atoms with Gasteiger partial charge in [0, 0.05) is 36.3 Å². The van der Waals surface area contributed by atoms with Crippen molar-refractivity contribution in [3.8, 4) is 0 Å². The molecule has 0 aliphatic carbocycles. The normalized spacial score (nSPS) is 11.9. The molecule has 2 aromatic rings. The lowest BCUT2D eigenvalue weighted by atomic mass is 10.1. The van der Waals surface area contributed by atoms with Crippen LogP contribution in [0.5, 0.6) is 0 Å². The van der Waals surface area contributed by atoms with Crippen LogP contribution >= 0.6 is 0 Å². The monoisotopic (exact) mass is 257 g/mol. The Hall–Kier alpha value is -2.43. The Labute approximate surface area is 111 Å². The van der Waals surface area contributed by atoms with Crippen LogP contribution in [-0.2, 0) is 0 Å². The van der Waals surface area contributed by atoms with Crippen LogP contribution in [0.25, 0.3) is 0 Å². The summed E-state index contributed by atoms with van der Waals surface area (Å²) in [7, 11) is 0. The van der Waals surface area contributed by atoms with Crippen LogP contribution in [0.1, 0.15) is 24.1 Å². The second kappa shape index (κ2) is 5.48. The smallest absolute Gasteiger partial charge is 0.271 e. The number of pyridine rings is 1. The SMILES string of the molecule is Cc1cc(NC(C)c2ccncc2)cc([N+](=O)[O-])c1. The number of aromatic nitrogens is 1. The van der Waals surface area contributed by atoms with Crippen LogP contribution in [0, 0.1) is 17.0 Å². The summed E-state index contributed by atoms with van der Waals surface area (Å²) in [5.74, 6) is 0. The first kappa shape index (κ1) is 13.0. The average Bonchev–Trinajstić information content (AvgIpc) is 2.39. The van der Waals surface area contributed by atoms with E-state index in [4.69, 9.17) is 0 Å². The van der Waals surface area contributed by atoms with Crippen molar-refractivity contribution in [2.75, 3.05) is 5.32 Å². The van der Waals surface area contributed by atoms with Crippen molar-refractivity contribution < 1.29 is 4.92 Å². The van der Waals surface area contributed by atoms with Crippen LogP contribution in [0.15, 0.2) is 42.7 Å². The van der Waals surface area contributed by atoms with E-state index in [0.717, 1.165) is 16.8 Å². The third kappa shape index (κ3) is 3.28. The van der Waals surface area contributed by atoms with E-state index in [1.54, 1.807) is 24.5 Å². The molecule has 0 amide bonds. The van der Waals surface area contributed by atoms with E-state index in [-0.39, 0.29) is 16.7 Å². The van der Waals surface area contributed by atoms with Crippen molar-refractivity contribution in [1.82, 2.24) is 4.98 Å². The Morgan fingerprint density at radius 1 is 1.26 bits per heavy atom. The van der Waals surface area contributed by atoms with Gasteiger partial charge in [-0.2, -0.15) is 0 Å². The van der Waals surface area contributed by atoms with Crippen molar-refractivity contribution in [2.24, 2.45) is 0 Å². The summed E-state index contributed by atoms with van der Waals surface area (Å²) in [6.07, 6.45) is 3.46. The molecule has 1 N–H and O–H groups in total. The summed E-state index contributed by atoms with van der Waals surface area (Å²) in [5.41, 5.74) is 2.79. The summed E-state index contributed by atoms with van der Waals surface area (Å²) < 4.78 is 0. The van der Waals surface area contributed by atoms with E-state index in [1.807, 2.05) is 32.0 Å². The third-order valence-electron chi connectivity index (χ3n) is 2.86. The summed E-state index contributed by atoms with van der Waals surface area (Å²) in [5, 5.41) is 14.1. The van der Waals surface area contributed by atoms with E-state index in [1.165, 1.54) is 0 Å². The number of non-ortho nitro benzene ring substituents is 1. The van der Waals surface area contributed by atoms with E-state index in [0.29, 0.717) is 0 Å². The molecule has 5 heteroatoms. The largest absolute Gasteiger partial charge is 0.378 e. The number of anilines is 1. The molecule has 0 fully saturated rings. The number of nitrogens with zero attached hydrogens (tertiary/aromatic N) is 2. The highest BCUT2D eigenvalue weighted by Crippen LogP contribution is 2.24. The zero-order chi connectivity index (χ0) is 13.8. The molecule has 0 bridgehead atoms. The number of aryl methyl sites for hydroxylation is 1. The summed E-state index contributed by atoms with van der Waals surface area (Å²) in [6, 6.07) is 8.89. The average molecular weight is 257 g/mol. The number of rotatable bonds is 4. The molecule has 1 aromatic heterocycles. The highest BCUT2D eigenvalue weighted by atomic mass is 16.6. The van der Waals surface area contributed by atoms with Crippen LogP contribution in [-0.4, -0.2) is 9.91 Å². The summed E-state index contributed by atoms with van der Waals surface area (Å²) >= 11 is 0. The van der Waals surface area contributed by atoms with Gasteiger partial charge in [-0.3, -0.25) is 15.1 Å². The summed E-state index contributed by atoms with van der Waals surface area (Å²) in [6.45, 7) is 3.85. The Morgan fingerprint density at radius 2 is 1.95 bits per heavy atom. The van der Waals surface area contributed by atoms with Gasteiger partial charge in [-0.05, 0) is 43.2 Å². The van der Waals surface area contributed by atoms with E-state index >= 15 is 0 Å². The Balaban J connectivity index is 2.21. The number of benzene rings is 1. The van der Waals surface area contributed by atoms with Crippen LogP contribution in [0.3, 0.4) is 0 Å². The Bertz CT molecular complexity index is 584. The maximum atomic E-state index is 10.8. The van der Waals surface area contributed by atoms with E-state index < -0.39 is 0 Å². The lowest BCUT2D eigenvalue weighted by Crippen LogP contribution is -2.07. The number of hydrogen-bond donors (Lipinski definition) is 1. The molecular formula is C14H15N3O2. The van der Waals surface area contributed by atoms with E-state index in [9.17, 15) is 10.1 Å². The Morgan fingerprint density at radius 3 is 2.58 bits per heavy atom. The van der Waals surface area contributed by atoms with Crippen LogP contribution in [0.2, 0.25) is 0 Å². The minimum absolute atomic E-state index is 0.0596. The fourth-order valence-corrected chi connectivity index (χ4v) is 1.94. The zero-order valence-corrected chi connectivity index (χ0v) is 10.8. The molecule has 0 radical (unpaired) electrons. The molecule has 98 valence electrons. The highest BCUT2D eigenvalue weighted by Gasteiger charge is 2.10. The number of nitro benzene ring substituents is 1. The van der Waals surface area contributed by atoms with Gasteiger partial charge in [0.05, 0.1) is 4.92 Å². The molecule has 1 unspecified atom stereocenters.